The molecule has 35 heavy (non-hydrogen) atoms. The van der Waals surface area contributed by atoms with Gasteiger partial charge in [0, 0.05) is 48.1 Å². The molecule has 0 radical (unpaired) electrons. The van der Waals surface area contributed by atoms with Crippen molar-refractivity contribution in [3.63, 3.8) is 0 Å². The quantitative estimate of drug-likeness (QED) is 0.432. The van der Waals surface area contributed by atoms with Gasteiger partial charge in [0.25, 0.3) is 0 Å². The maximum absolute atomic E-state index is 12.6. The predicted octanol–water partition coefficient (Wildman–Crippen LogP) is 4.21. The number of Topliss-reactive ketones (excluding diaryl/α,β-unsaturated/α-hetero) is 1. The predicted molar refractivity (Wildman–Crippen MR) is 140 cm³/mol. The highest BCUT2D eigenvalue weighted by atomic mass is 16.1. The van der Waals surface area contributed by atoms with Crippen LogP contribution in [0.3, 0.4) is 0 Å². The molecule has 0 amide bonds. The van der Waals surface area contributed by atoms with Crippen LogP contribution in [-0.2, 0) is 0 Å². The second kappa shape index (κ2) is 9.46. The number of rotatable bonds is 4. The molecular formula is C27H31N7O. The van der Waals surface area contributed by atoms with Crippen molar-refractivity contribution >= 4 is 23.1 Å². The number of pyridine rings is 1. The Morgan fingerprint density at radius 1 is 1.00 bits per heavy atom. The number of nitrogens with zero attached hydrogens (tertiary/aromatic N) is 5. The Bertz CT molecular complexity index is 1340. The highest BCUT2D eigenvalue weighted by Crippen LogP contribution is 2.33. The number of fused-ring (bicyclic) bond motifs is 3. The monoisotopic (exact) mass is 469 g/mol. The molecule has 1 aromatic carbocycles. The molecule has 4 aromatic rings. The van der Waals surface area contributed by atoms with Crippen molar-refractivity contribution in [2.24, 2.45) is 0 Å². The van der Waals surface area contributed by atoms with E-state index in [2.05, 4.69) is 20.3 Å². The first-order valence-corrected chi connectivity index (χ1v) is 12.3. The molecule has 3 N–H and O–H groups in total. The number of benzene rings is 1. The van der Waals surface area contributed by atoms with Crippen molar-refractivity contribution in [3.05, 3.63) is 60.4 Å². The summed E-state index contributed by atoms with van der Waals surface area (Å²) in [5.74, 6) is 0.878. The van der Waals surface area contributed by atoms with Crippen LogP contribution in [0, 0.1) is 0 Å². The smallest absolute Gasteiger partial charge is 0.167 e. The number of piperazine rings is 1. The number of hydrogen-bond donors (Lipinski definition) is 2. The Morgan fingerprint density at radius 2 is 1.71 bits per heavy atom. The van der Waals surface area contributed by atoms with Crippen LogP contribution in [-0.4, -0.2) is 50.5 Å². The van der Waals surface area contributed by atoms with Crippen LogP contribution >= 0.6 is 0 Å². The van der Waals surface area contributed by atoms with Crippen LogP contribution in [0.4, 0.5) is 11.6 Å². The van der Waals surface area contributed by atoms with Crippen LogP contribution < -0.4 is 16.0 Å². The number of nitrogens with two attached hydrogens (primary N) is 1. The lowest BCUT2D eigenvalue weighted by Crippen LogP contribution is -2.51. The number of carbonyl (C=O) groups is 1. The zero-order chi connectivity index (χ0) is 24.5. The molecule has 2 unspecified atom stereocenters. The molecule has 2 aliphatic rings. The van der Waals surface area contributed by atoms with Crippen LogP contribution in [0.1, 0.15) is 44.0 Å². The maximum atomic E-state index is 12.6. The molecule has 3 aromatic heterocycles. The second-order valence-electron chi connectivity index (χ2n) is 8.89. The second-order valence-corrected chi connectivity index (χ2v) is 8.89. The summed E-state index contributed by atoms with van der Waals surface area (Å²) in [5, 5.41) is 8.10. The average Bonchev–Trinajstić information content (AvgIpc) is 3.48. The summed E-state index contributed by atoms with van der Waals surface area (Å²) < 4.78 is 1.57. The summed E-state index contributed by atoms with van der Waals surface area (Å²) in [6, 6.07) is 14.9. The minimum absolute atomic E-state index is 0.103. The van der Waals surface area contributed by atoms with Gasteiger partial charge in [-0.3, -0.25) is 9.78 Å². The van der Waals surface area contributed by atoms with E-state index in [1.54, 1.807) is 10.7 Å². The molecule has 6 rings (SSSR count). The fraction of sp³-hybridized carbons (Fsp3) is 0.333. The zero-order valence-corrected chi connectivity index (χ0v) is 20.4. The summed E-state index contributed by atoms with van der Waals surface area (Å²) in [7, 11) is 0. The lowest BCUT2D eigenvalue weighted by atomic mass is 10.1. The normalized spacial score (nSPS) is 18.9. The number of carbonyl (C=O) groups excluding carboxylic acids is 1. The first kappa shape index (κ1) is 23.0. The van der Waals surface area contributed by atoms with Gasteiger partial charge in [0.15, 0.2) is 11.4 Å². The van der Waals surface area contributed by atoms with Gasteiger partial charge in [0.05, 0.1) is 11.9 Å². The number of anilines is 2. The van der Waals surface area contributed by atoms with Crippen molar-refractivity contribution in [1.29, 1.82) is 0 Å². The van der Waals surface area contributed by atoms with Crippen LogP contribution in [0.2, 0.25) is 0 Å². The number of nitrogen functional groups attached to an aromatic ring is 1. The zero-order valence-electron chi connectivity index (χ0n) is 20.4. The number of hydrogen-bond acceptors (Lipinski definition) is 7. The summed E-state index contributed by atoms with van der Waals surface area (Å²) in [6.07, 6.45) is 5.87. The van der Waals surface area contributed by atoms with Crippen LogP contribution in [0.15, 0.2) is 54.9 Å². The topological polar surface area (TPSA) is 101 Å². The maximum Gasteiger partial charge on any atom is 0.167 e. The Morgan fingerprint density at radius 3 is 2.34 bits per heavy atom. The van der Waals surface area contributed by atoms with Gasteiger partial charge in [0.2, 0.25) is 0 Å². The van der Waals surface area contributed by atoms with Gasteiger partial charge in [-0.05, 0) is 25.8 Å². The van der Waals surface area contributed by atoms with E-state index < -0.39 is 0 Å². The molecule has 2 aliphatic heterocycles. The Kier molecular flexibility index (Phi) is 6.21. The van der Waals surface area contributed by atoms with Gasteiger partial charge in [-0.15, -0.1) is 0 Å². The molecule has 2 atom stereocenters. The average molecular weight is 470 g/mol. The third-order valence-electron chi connectivity index (χ3n) is 6.68. The van der Waals surface area contributed by atoms with Gasteiger partial charge < -0.3 is 16.0 Å². The van der Waals surface area contributed by atoms with E-state index in [0.717, 1.165) is 48.3 Å². The number of aromatic nitrogens is 4. The van der Waals surface area contributed by atoms with E-state index in [0.29, 0.717) is 34.9 Å². The highest BCUT2D eigenvalue weighted by Gasteiger charge is 2.35. The number of ketones is 1. The highest BCUT2D eigenvalue weighted by molar-refractivity contribution is 6.04. The third-order valence-corrected chi connectivity index (χ3v) is 6.68. The molecule has 8 heteroatoms. The molecule has 0 spiro atoms. The van der Waals surface area contributed by atoms with E-state index in [9.17, 15) is 4.79 Å². The fourth-order valence-electron chi connectivity index (χ4n) is 5.08. The minimum atomic E-state index is -0.103. The lowest BCUT2D eigenvalue weighted by molar-refractivity contribution is 0.101. The molecular weight excluding hydrogens is 438 g/mol. The van der Waals surface area contributed by atoms with Crippen LogP contribution in [0.5, 0.6) is 0 Å². The Hall–Kier alpha value is -3.78. The Balaban J connectivity index is 0.00000124. The molecule has 0 saturated carbocycles. The summed E-state index contributed by atoms with van der Waals surface area (Å²) >= 11 is 0. The molecule has 0 aliphatic carbocycles. The first-order valence-electron chi connectivity index (χ1n) is 12.3. The van der Waals surface area contributed by atoms with Gasteiger partial charge in [0.1, 0.15) is 17.2 Å². The molecule has 2 saturated heterocycles. The third kappa shape index (κ3) is 4.14. The molecule has 2 bridgehead atoms. The largest absolute Gasteiger partial charge is 0.383 e. The Labute approximate surface area is 205 Å². The van der Waals surface area contributed by atoms with Gasteiger partial charge >= 0.3 is 0 Å². The molecule has 180 valence electrons. The SMILES string of the molecule is CC.CC(=O)c1c(N2CC3CCC(C2)N3)nc2c(-c3ccc(-c4ccccc4)nc3)cnn2c1N. The van der Waals surface area contributed by atoms with Gasteiger partial charge in [-0.2, -0.15) is 9.61 Å². The fourth-order valence-corrected chi connectivity index (χ4v) is 5.08. The number of nitrogens with one attached hydrogen (secondary N) is 1. The van der Waals surface area contributed by atoms with E-state index in [1.165, 1.54) is 6.92 Å². The van der Waals surface area contributed by atoms with Gasteiger partial charge in [-0.1, -0.05) is 50.2 Å². The molecule has 5 heterocycles. The van der Waals surface area contributed by atoms with Crippen molar-refractivity contribution < 1.29 is 4.79 Å². The van der Waals surface area contributed by atoms with Gasteiger partial charge in [-0.25, -0.2) is 4.98 Å². The van der Waals surface area contributed by atoms with E-state index in [1.807, 2.05) is 62.5 Å². The standard InChI is InChI=1S/C25H25N7O.C2H6/c1-15(33)22-23(26)32-24(30-25(22)31-13-18-8-9-19(14-31)29-18)20(12-28-32)17-7-10-21(27-11-17)16-5-3-2-4-6-16;1-2/h2-7,10-12,18-19,29H,8-9,13-14,26H2,1H3;1-2H3. The van der Waals surface area contributed by atoms with Crippen molar-refractivity contribution in [3.8, 4) is 22.4 Å². The van der Waals surface area contributed by atoms with Crippen molar-refractivity contribution in [2.75, 3.05) is 23.7 Å². The summed E-state index contributed by atoms with van der Waals surface area (Å²) in [6.45, 7) is 7.17. The lowest BCUT2D eigenvalue weighted by Gasteiger charge is -2.34. The van der Waals surface area contributed by atoms with E-state index in [4.69, 9.17) is 10.7 Å². The van der Waals surface area contributed by atoms with Crippen LogP contribution in [0.25, 0.3) is 28.0 Å². The molecule has 8 nitrogen and oxygen atoms in total. The van der Waals surface area contributed by atoms with E-state index >= 15 is 0 Å². The molecule has 2 fully saturated rings. The summed E-state index contributed by atoms with van der Waals surface area (Å²) in [5.41, 5.74) is 11.3. The van der Waals surface area contributed by atoms with E-state index in [-0.39, 0.29) is 5.78 Å². The van der Waals surface area contributed by atoms with Crippen molar-refractivity contribution in [2.45, 2.75) is 45.7 Å². The summed E-state index contributed by atoms with van der Waals surface area (Å²) in [4.78, 5) is 24.4. The van der Waals surface area contributed by atoms with Crippen molar-refractivity contribution in [1.82, 2.24) is 24.9 Å². The minimum Gasteiger partial charge on any atom is -0.383 e. The first-order chi connectivity index (χ1) is 17.1.